The number of rotatable bonds is 8. The lowest BCUT2D eigenvalue weighted by atomic mass is 10.3. The number of aliphatic hydroxyl groups excluding tert-OH is 1. The van der Waals surface area contributed by atoms with Gasteiger partial charge in [-0.15, -0.1) is 0 Å². The summed E-state index contributed by atoms with van der Waals surface area (Å²) < 4.78 is 0. The lowest BCUT2D eigenvalue weighted by Gasteiger charge is -2.23. The van der Waals surface area contributed by atoms with Crippen LogP contribution in [0.1, 0.15) is 19.8 Å². The van der Waals surface area contributed by atoms with Gasteiger partial charge in [-0.3, -0.25) is 0 Å². The molecule has 0 aliphatic heterocycles. The predicted octanol–water partition coefficient (Wildman–Crippen LogP) is 1.08. The smallest absolute Gasteiger partial charge is 0.191 e. The molecule has 1 aromatic heterocycles. The van der Waals surface area contributed by atoms with E-state index in [1.54, 1.807) is 6.07 Å². The monoisotopic (exact) mass is 271 g/mol. The average molecular weight is 271 g/mol. The van der Waals surface area contributed by atoms with E-state index in [4.69, 9.17) is 10.9 Å². The normalized spacial score (nSPS) is 10.4. The van der Waals surface area contributed by atoms with Gasteiger partial charge in [-0.2, -0.15) is 0 Å². The van der Waals surface area contributed by atoms with Crippen molar-refractivity contribution >= 4 is 23.4 Å². The molecule has 0 radical (unpaired) electrons. The molecule has 0 spiro atoms. The van der Waals surface area contributed by atoms with E-state index in [9.17, 15) is 0 Å². The van der Waals surface area contributed by atoms with Crippen LogP contribution in [0.3, 0.4) is 0 Å². The van der Waals surface area contributed by atoms with E-state index < -0.39 is 0 Å². The van der Waals surface area contributed by atoms with Crippen LogP contribution in [-0.2, 0) is 0 Å². The summed E-state index contributed by atoms with van der Waals surface area (Å²) in [6.45, 7) is 3.67. The van der Waals surface area contributed by atoms with Crippen LogP contribution < -0.4 is 16.2 Å². The van der Waals surface area contributed by atoms with Gasteiger partial charge in [0, 0.05) is 19.2 Å². The van der Waals surface area contributed by atoms with Gasteiger partial charge in [-0.05, 0) is 12.7 Å². The molecule has 0 saturated heterocycles. The summed E-state index contributed by atoms with van der Waals surface area (Å²) in [4.78, 5) is 10.7. The lowest BCUT2D eigenvalue weighted by molar-refractivity contribution is 0.301. The molecule has 0 atom stereocenters. The first-order chi connectivity index (χ1) is 8.74. The zero-order valence-corrected chi connectivity index (χ0v) is 11.7. The Balaban J connectivity index is 2.93. The fourth-order valence-electron chi connectivity index (χ4n) is 1.55. The maximum atomic E-state index is 9.12. The number of nitrogens with one attached hydrogen (secondary N) is 1. The lowest BCUT2D eigenvalue weighted by Crippen LogP contribution is -2.29. The molecule has 0 unspecified atom stereocenters. The Bertz CT molecular complexity index is 341. The zero-order valence-electron chi connectivity index (χ0n) is 10.9. The zero-order chi connectivity index (χ0) is 13.4. The van der Waals surface area contributed by atoms with Gasteiger partial charge in [0.15, 0.2) is 5.16 Å². The Labute approximate surface area is 112 Å². The second kappa shape index (κ2) is 8.12. The molecule has 1 heterocycles. The van der Waals surface area contributed by atoms with Crippen molar-refractivity contribution in [2.75, 3.05) is 36.3 Å². The van der Waals surface area contributed by atoms with Crippen LogP contribution in [0, 0.1) is 0 Å². The number of hydrazine groups is 1. The van der Waals surface area contributed by atoms with Crippen molar-refractivity contribution in [2.45, 2.75) is 24.9 Å². The van der Waals surface area contributed by atoms with E-state index in [0.29, 0.717) is 17.5 Å². The van der Waals surface area contributed by atoms with Gasteiger partial charge in [0.05, 0.1) is 6.61 Å². The Kier molecular flexibility index (Phi) is 6.77. The quantitative estimate of drug-likeness (QED) is 0.282. The molecule has 1 aromatic rings. The van der Waals surface area contributed by atoms with Gasteiger partial charge in [0.1, 0.15) is 11.6 Å². The topological polar surface area (TPSA) is 87.3 Å². The van der Waals surface area contributed by atoms with E-state index >= 15 is 0 Å². The summed E-state index contributed by atoms with van der Waals surface area (Å²) in [5, 5.41) is 9.79. The Morgan fingerprint density at radius 1 is 1.44 bits per heavy atom. The predicted molar refractivity (Wildman–Crippen MR) is 75.8 cm³/mol. The standard InChI is InChI=1S/C11H21N5OS/c1-3-4-5-16(6-7-17)10-8-9(15-12)13-11(14-10)18-2/h8,17H,3-7,12H2,1-2H3,(H,13,14,15). The average Bonchev–Trinajstić information content (AvgIpc) is 2.42. The highest BCUT2D eigenvalue weighted by Crippen LogP contribution is 2.20. The highest BCUT2D eigenvalue weighted by molar-refractivity contribution is 7.98. The SMILES string of the molecule is CCCCN(CCO)c1cc(NN)nc(SC)n1. The number of aliphatic hydroxyl groups is 1. The fourth-order valence-corrected chi connectivity index (χ4v) is 1.93. The molecule has 0 fully saturated rings. The van der Waals surface area contributed by atoms with Crippen molar-refractivity contribution in [3.8, 4) is 0 Å². The number of aromatic nitrogens is 2. The molecule has 18 heavy (non-hydrogen) atoms. The number of hydrogen-bond acceptors (Lipinski definition) is 7. The number of hydrogen-bond donors (Lipinski definition) is 3. The van der Waals surface area contributed by atoms with Gasteiger partial charge < -0.3 is 15.4 Å². The maximum absolute atomic E-state index is 9.12. The van der Waals surface area contributed by atoms with Crippen LogP contribution >= 0.6 is 11.8 Å². The number of thioether (sulfide) groups is 1. The first-order valence-electron chi connectivity index (χ1n) is 6.00. The van der Waals surface area contributed by atoms with Crippen molar-refractivity contribution < 1.29 is 5.11 Å². The third kappa shape index (κ3) is 4.32. The summed E-state index contributed by atoms with van der Waals surface area (Å²) in [5.41, 5.74) is 2.54. The maximum Gasteiger partial charge on any atom is 0.191 e. The van der Waals surface area contributed by atoms with Crippen LogP contribution in [-0.4, -0.2) is 41.0 Å². The summed E-state index contributed by atoms with van der Waals surface area (Å²) in [6.07, 6.45) is 4.08. The third-order valence-corrected chi connectivity index (χ3v) is 3.05. The first-order valence-corrected chi connectivity index (χ1v) is 7.23. The van der Waals surface area contributed by atoms with Crippen molar-refractivity contribution in [1.82, 2.24) is 9.97 Å². The number of anilines is 2. The third-order valence-electron chi connectivity index (χ3n) is 2.50. The highest BCUT2D eigenvalue weighted by Gasteiger charge is 2.10. The molecule has 0 amide bonds. The van der Waals surface area contributed by atoms with Gasteiger partial charge in [-0.1, -0.05) is 25.1 Å². The minimum Gasteiger partial charge on any atom is -0.395 e. The van der Waals surface area contributed by atoms with Crippen LogP contribution in [0.2, 0.25) is 0 Å². The van der Waals surface area contributed by atoms with E-state index in [1.807, 2.05) is 11.2 Å². The second-order valence-electron chi connectivity index (χ2n) is 3.81. The van der Waals surface area contributed by atoms with Crippen molar-refractivity contribution in [3.63, 3.8) is 0 Å². The van der Waals surface area contributed by atoms with Gasteiger partial charge >= 0.3 is 0 Å². The highest BCUT2D eigenvalue weighted by atomic mass is 32.2. The summed E-state index contributed by atoms with van der Waals surface area (Å²) in [5.74, 6) is 6.78. The molecular weight excluding hydrogens is 250 g/mol. The molecule has 0 aliphatic carbocycles. The molecule has 1 rings (SSSR count). The van der Waals surface area contributed by atoms with Crippen LogP contribution in [0.4, 0.5) is 11.6 Å². The summed E-state index contributed by atoms with van der Waals surface area (Å²) >= 11 is 1.46. The Morgan fingerprint density at radius 2 is 2.22 bits per heavy atom. The summed E-state index contributed by atoms with van der Waals surface area (Å²) in [7, 11) is 0. The fraction of sp³-hybridized carbons (Fsp3) is 0.636. The van der Waals surface area contributed by atoms with Gasteiger partial charge in [0.25, 0.3) is 0 Å². The summed E-state index contributed by atoms with van der Waals surface area (Å²) in [6, 6.07) is 1.80. The van der Waals surface area contributed by atoms with Gasteiger partial charge in [-0.25, -0.2) is 15.8 Å². The number of nitrogen functional groups attached to an aromatic ring is 1. The molecule has 102 valence electrons. The van der Waals surface area contributed by atoms with Crippen LogP contribution in [0.5, 0.6) is 0 Å². The Hall–Kier alpha value is -1.05. The van der Waals surface area contributed by atoms with Gasteiger partial charge in [0.2, 0.25) is 0 Å². The van der Waals surface area contributed by atoms with E-state index in [2.05, 4.69) is 22.3 Å². The number of nitrogens with zero attached hydrogens (tertiary/aromatic N) is 3. The minimum atomic E-state index is 0.105. The minimum absolute atomic E-state index is 0.105. The molecule has 7 heteroatoms. The molecule has 0 aliphatic rings. The first kappa shape index (κ1) is 15.0. The Morgan fingerprint density at radius 3 is 2.78 bits per heavy atom. The van der Waals surface area contributed by atoms with Crippen molar-refractivity contribution in [3.05, 3.63) is 6.07 Å². The van der Waals surface area contributed by atoms with Crippen molar-refractivity contribution in [1.29, 1.82) is 0 Å². The molecular formula is C11H21N5OS. The number of unbranched alkanes of at least 4 members (excludes halogenated alkanes) is 1. The van der Waals surface area contributed by atoms with E-state index in [0.717, 1.165) is 25.2 Å². The molecule has 0 saturated carbocycles. The molecule has 6 nitrogen and oxygen atoms in total. The molecule has 0 aromatic carbocycles. The van der Waals surface area contributed by atoms with Crippen LogP contribution in [0.15, 0.2) is 11.2 Å². The van der Waals surface area contributed by atoms with Crippen LogP contribution in [0.25, 0.3) is 0 Å². The van der Waals surface area contributed by atoms with E-state index in [1.165, 1.54) is 11.8 Å². The second-order valence-corrected chi connectivity index (χ2v) is 4.58. The van der Waals surface area contributed by atoms with Crippen molar-refractivity contribution in [2.24, 2.45) is 5.84 Å². The molecule has 0 bridgehead atoms. The van der Waals surface area contributed by atoms with E-state index in [-0.39, 0.29) is 6.61 Å². The molecule has 4 N–H and O–H groups in total. The largest absolute Gasteiger partial charge is 0.395 e. The number of nitrogens with two attached hydrogens (primary N) is 1.